The van der Waals surface area contributed by atoms with Crippen LogP contribution in [0.15, 0.2) is 18.2 Å². The van der Waals surface area contributed by atoms with Crippen molar-refractivity contribution in [1.29, 1.82) is 0 Å². The smallest absolute Gasteiger partial charge is 0.338 e. The molecule has 0 saturated heterocycles. The molecule has 118 valence electrons. The number of hydrogen-bond acceptors (Lipinski definition) is 5. The minimum Gasteiger partial charge on any atom is -0.456 e. The summed E-state index contributed by atoms with van der Waals surface area (Å²) >= 11 is 0. The monoisotopic (exact) mass is 304 g/mol. The summed E-state index contributed by atoms with van der Waals surface area (Å²) in [4.78, 5) is 22.9. The highest BCUT2D eigenvalue weighted by molar-refractivity contribution is 5.92. The Balaban J connectivity index is 1.86. The number of nitro benzene ring substituents is 1. The molecule has 0 amide bonds. The zero-order valence-corrected chi connectivity index (χ0v) is 13.0. The van der Waals surface area contributed by atoms with Crippen molar-refractivity contribution >= 4 is 17.3 Å². The van der Waals surface area contributed by atoms with E-state index in [9.17, 15) is 14.9 Å². The first-order valence-corrected chi connectivity index (χ1v) is 7.47. The lowest BCUT2D eigenvalue weighted by molar-refractivity contribution is -0.384. The van der Waals surface area contributed by atoms with Crippen molar-refractivity contribution in [3.63, 3.8) is 0 Å². The van der Waals surface area contributed by atoms with Gasteiger partial charge in [-0.25, -0.2) is 4.79 Å². The van der Waals surface area contributed by atoms with Gasteiger partial charge in [0.15, 0.2) is 0 Å². The lowest BCUT2D eigenvalue weighted by Crippen LogP contribution is -2.63. The number of carbonyl (C=O) groups is 1. The van der Waals surface area contributed by atoms with Crippen LogP contribution in [0.2, 0.25) is 0 Å². The number of nitro groups is 1. The van der Waals surface area contributed by atoms with Crippen molar-refractivity contribution in [2.75, 3.05) is 5.32 Å². The van der Waals surface area contributed by atoms with Crippen molar-refractivity contribution in [1.82, 2.24) is 0 Å². The first-order valence-electron chi connectivity index (χ1n) is 7.47. The summed E-state index contributed by atoms with van der Waals surface area (Å²) in [7, 11) is 0. The van der Waals surface area contributed by atoms with Gasteiger partial charge in [0.1, 0.15) is 11.3 Å². The lowest BCUT2D eigenvalue weighted by atomic mass is 9.50. The van der Waals surface area contributed by atoms with E-state index in [-0.39, 0.29) is 11.2 Å². The van der Waals surface area contributed by atoms with Crippen LogP contribution in [0.3, 0.4) is 0 Å². The standard InChI is InChI=1S/C16H20N2O4/c1-15(2,3)22-14(19)11-4-5-13(18(20)21)12(6-11)17-16-7-10(8-16)9-16/h4-6,10,17H,7-9H2,1-3H3. The van der Waals surface area contributed by atoms with Gasteiger partial charge >= 0.3 is 5.97 Å². The van der Waals surface area contributed by atoms with Crippen LogP contribution in [0.4, 0.5) is 11.4 Å². The third-order valence-electron chi connectivity index (χ3n) is 4.27. The molecule has 0 spiro atoms. The molecule has 3 aliphatic carbocycles. The van der Waals surface area contributed by atoms with E-state index in [1.807, 2.05) is 0 Å². The SMILES string of the molecule is CC(C)(C)OC(=O)c1ccc([N+](=O)[O-])c(NC23CC(C2)C3)c1. The molecule has 3 fully saturated rings. The molecule has 0 aliphatic heterocycles. The molecule has 1 aromatic carbocycles. The molecular formula is C16H20N2O4. The maximum atomic E-state index is 12.1. The number of nitrogens with zero attached hydrogens (tertiary/aromatic N) is 1. The van der Waals surface area contributed by atoms with Gasteiger partial charge in [-0.3, -0.25) is 10.1 Å². The Morgan fingerprint density at radius 2 is 2.00 bits per heavy atom. The number of hydrogen-bond donors (Lipinski definition) is 1. The molecule has 6 heteroatoms. The van der Waals surface area contributed by atoms with Crippen LogP contribution in [-0.4, -0.2) is 22.0 Å². The molecule has 0 unspecified atom stereocenters. The average molecular weight is 304 g/mol. The lowest BCUT2D eigenvalue weighted by Gasteiger charge is -2.62. The van der Waals surface area contributed by atoms with E-state index >= 15 is 0 Å². The van der Waals surface area contributed by atoms with Crippen molar-refractivity contribution in [3.05, 3.63) is 33.9 Å². The summed E-state index contributed by atoms with van der Waals surface area (Å²) in [6.45, 7) is 5.37. The van der Waals surface area contributed by atoms with Gasteiger partial charge in [-0.15, -0.1) is 0 Å². The molecule has 0 heterocycles. The van der Waals surface area contributed by atoms with Crippen molar-refractivity contribution in [3.8, 4) is 0 Å². The maximum Gasteiger partial charge on any atom is 0.338 e. The molecule has 3 aliphatic rings. The van der Waals surface area contributed by atoms with E-state index in [1.54, 1.807) is 20.8 Å². The summed E-state index contributed by atoms with van der Waals surface area (Å²) in [5.74, 6) is 0.295. The Morgan fingerprint density at radius 1 is 1.36 bits per heavy atom. The van der Waals surface area contributed by atoms with Gasteiger partial charge in [0.25, 0.3) is 5.69 Å². The molecular weight excluding hydrogens is 284 g/mol. The molecule has 3 saturated carbocycles. The van der Waals surface area contributed by atoms with Crippen molar-refractivity contribution < 1.29 is 14.5 Å². The normalized spacial score (nSPS) is 25.7. The summed E-state index contributed by atoms with van der Waals surface area (Å²) in [5.41, 5.74) is 0.139. The summed E-state index contributed by atoms with van der Waals surface area (Å²) in [5, 5.41) is 14.5. The van der Waals surface area contributed by atoms with E-state index in [1.165, 1.54) is 18.2 Å². The second-order valence-corrected chi connectivity index (χ2v) is 7.37. The van der Waals surface area contributed by atoms with E-state index in [0.29, 0.717) is 11.3 Å². The summed E-state index contributed by atoms with van der Waals surface area (Å²) < 4.78 is 5.32. The third kappa shape index (κ3) is 2.65. The zero-order valence-electron chi connectivity index (χ0n) is 13.0. The molecule has 22 heavy (non-hydrogen) atoms. The van der Waals surface area contributed by atoms with Crippen molar-refractivity contribution in [2.24, 2.45) is 5.92 Å². The van der Waals surface area contributed by atoms with Gasteiger partial charge in [-0.2, -0.15) is 0 Å². The Labute approximate surface area is 129 Å². The second kappa shape index (κ2) is 4.69. The highest BCUT2D eigenvalue weighted by Crippen LogP contribution is 2.59. The molecule has 0 atom stereocenters. The van der Waals surface area contributed by atoms with Crippen LogP contribution in [0.5, 0.6) is 0 Å². The van der Waals surface area contributed by atoms with Gasteiger partial charge in [0, 0.05) is 11.6 Å². The molecule has 1 N–H and O–H groups in total. The predicted octanol–water partition coefficient (Wildman–Crippen LogP) is 3.51. The summed E-state index contributed by atoms with van der Waals surface area (Å²) in [6.07, 6.45) is 3.17. The third-order valence-corrected chi connectivity index (χ3v) is 4.27. The Bertz CT molecular complexity index is 631. The second-order valence-electron chi connectivity index (χ2n) is 7.37. The first kappa shape index (κ1) is 14.8. The fourth-order valence-electron chi connectivity index (χ4n) is 3.18. The highest BCUT2D eigenvalue weighted by atomic mass is 16.6. The Hall–Kier alpha value is -2.11. The van der Waals surface area contributed by atoms with Crippen LogP contribution in [-0.2, 0) is 4.74 Å². The minimum absolute atomic E-state index is 0.00197. The summed E-state index contributed by atoms with van der Waals surface area (Å²) in [6, 6.07) is 4.35. The van der Waals surface area contributed by atoms with Crippen LogP contribution >= 0.6 is 0 Å². The largest absolute Gasteiger partial charge is 0.456 e. The van der Waals surface area contributed by atoms with Crippen LogP contribution < -0.4 is 5.32 Å². The molecule has 4 rings (SSSR count). The number of ether oxygens (including phenoxy) is 1. The van der Waals surface area contributed by atoms with Gasteiger partial charge in [-0.1, -0.05) is 0 Å². The number of anilines is 1. The Kier molecular flexibility index (Phi) is 3.16. The first-order chi connectivity index (χ1) is 10.2. The molecule has 0 aromatic heterocycles. The minimum atomic E-state index is -0.597. The maximum absolute atomic E-state index is 12.1. The number of carbonyl (C=O) groups excluding carboxylic acids is 1. The van der Waals surface area contributed by atoms with Gasteiger partial charge < -0.3 is 10.1 Å². The van der Waals surface area contributed by atoms with Gasteiger partial charge in [-0.05, 0) is 58.1 Å². The zero-order chi connectivity index (χ0) is 16.1. The molecule has 2 bridgehead atoms. The van der Waals surface area contributed by atoms with E-state index in [2.05, 4.69) is 5.32 Å². The number of rotatable bonds is 4. The number of esters is 1. The molecule has 6 nitrogen and oxygen atoms in total. The fourth-order valence-corrected chi connectivity index (χ4v) is 3.18. The van der Waals surface area contributed by atoms with Crippen molar-refractivity contribution in [2.45, 2.75) is 51.2 Å². The number of benzene rings is 1. The molecule has 1 aromatic rings. The fraction of sp³-hybridized carbons (Fsp3) is 0.562. The predicted molar refractivity (Wildman–Crippen MR) is 82.0 cm³/mol. The van der Waals surface area contributed by atoms with E-state index in [4.69, 9.17) is 4.74 Å². The number of nitrogens with one attached hydrogen (secondary N) is 1. The van der Waals surface area contributed by atoms with E-state index in [0.717, 1.165) is 25.2 Å². The van der Waals surface area contributed by atoms with Crippen LogP contribution in [0.25, 0.3) is 0 Å². The Morgan fingerprint density at radius 3 is 2.45 bits per heavy atom. The van der Waals surface area contributed by atoms with Crippen LogP contribution in [0, 0.1) is 16.0 Å². The highest BCUT2D eigenvalue weighted by Gasteiger charge is 2.57. The van der Waals surface area contributed by atoms with Gasteiger partial charge in [0.2, 0.25) is 0 Å². The van der Waals surface area contributed by atoms with Gasteiger partial charge in [0.05, 0.1) is 10.5 Å². The topological polar surface area (TPSA) is 81.5 Å². The quantitative estimate of drug-likeness (QED) is 0.523. The molecule has 0 radical (unpaired) electrons. The van der Waals surface area contributed by atoms with E-state index < -0.39 is 16.5 Å². The van der Waals surface area contributed by atoms with Crippen LogP contribution in [0.1, 0.15) is 50.4 Å². The average Bonchev–Trinajstić information content (AvgIpc) is 2.29.